The van der Waals surface area contributed by atoms with E-state index in [-0.39, 0.29) is 17.2 Å². The van der Waals surface area contributed by atoms with Crippen molar-refractivity contribution in [1.29, 1.82) is 0 Å². The zero-order chi connectivity index (χ0) is 22.5. The van der Waals surface area contributed by atoms with Crippen molar-refractivity contribution in [2.75, 3.05) is 40.3 Å². The minimum Gasteiger partial charge on any atom is -0.497 e. The molecule has 0 atom stereocenters. The Morgan fingerprint density at radius 1 is 0.806 bits per heavy atom. The Kier molecular flexibility index (Phi) is 6.69. The Labute approximate surface area is 181 Å². The van der Waals surface area contributed by atoms with E-state index in [4.69, 9.17) is 18.9 Å². The van der Waals surface area contributed by atoms with Gasteiger partial charge in [-0.15, -0.1) is 0 Å². The van der Waals surface area contributed by atoms with Crippen molar-refractivity contribution in [3.63, 3.8) is 0 Å². The molecule has 3 rings (SSSR count). The fourth-order valence-electron chi connectivity index (χ4n) is 3.41. The van der Waals surface area contributed by atoms with Crippen molar-refractivity contribution in [3.05, 3.63) is 47.7 Å². The molecule has 1 aliphatic heterocycles. The van der Waals surface area contributed by atoms with Gasteiger partial charge in [0.2, 0.25) is 0 Å². The SMILES string of the molecule is CCCN1C(=O)C(Nc2ccc(OC)cc2OC)=C(c2ccc(OC)c(OC)c2)C1=O. The van der Waals surface area contributed by atoms with Gasteiger partial charge in [-0.25, -0.2) is 0 Å². The molecule has 0 radical (unpaired) electrons. The predicted octanol–water partition coefficient (Wildman–Crippen LogP) is 3.32. The maximum absolute atomic E-state index is 13.2. The molecule has 0 saturated carbocycles. The lowest BCUT2D eigenvalue weighted by Crippen LogP contribution is -2.33. The summed E-state index contributed by atoms with van der Waals surface area (Å²) in [4.78, 5) is 27.6. The molecule has 0 aliphatic carbocycles. The number of nitrogens with zero attached hydrogens (tertiary/aromatic N) is 1. The maximum Gasteiger partial charge on any atom is 0.278 e. The summed E-state index contributed by atoms with van der Waals surface area (Å²) < 4.78 is 21.3. The zero-order valence-corrected chi connectivity index (χ0v) is 18.3. The third-order valence-corrected chi connectivity index (χ3v) is 4.96. The van der Waals surface area contributed by atoms with E-state index in [9.17, 15) is 9.59 Å². The Morgan fingerprint density at radius 3 is 2.13 bits per heavy atom. The third kappa shape index (κ3) is 4.14. The highest BCUT2D eigenvalue weighted by Crippen LogP contribution is 2.37. The minimum absolute atomic E-state index is 0.175. The second kappa shape index (κ2) is 9.42. The fourth-order valence-corrected chi connectivity index (χ4v) is 3.41. The number of rotatable bonds is 9. The molecule has 31 heavy (non-hydrogen) atoms. The van der Waals surface area contributed by atoms with Crippen LogP contribution in [0.5, 0.6) is 23.0 Å². The third-order valence-electron chi connectivity index (χ3n) is 4.96. The Balaban J connectivity index is 2.13. The molecule has 8 nitrogen and oxygen atoms in total. The van der Waals surface area contributed by atoms with Gasteiger partial charge in [-0.05, 0) is 36.2 Å². The average molecular weight is 426 g/mol. The molecular formula is C23H26N2O6. The molecule has 2 amide bonds. The molecule has 0 aromatic heterocycles. The van der Waals surface area contributed by atoms with Crippen LogP contribution in [0.2, 0.25) is 0 Å². The first-order valence-corrected chi connectivity index (χ1v) is 9.80. The summed E-state index contributed by atoms with van der Waals surface area (Å²) in [5.41, 5.74) is 1.52. The van der Waals surface area contributed by atoms with Crippen LogP contribution in [0.15, 0.2) is 42.1 Å². The van der Waals surface area contributed by atoms with Crippen molar-refractivity contribution >= 4 is 23.1 Å². The van der Waals surface area contributed by atoms with E-state index in [1.807, 2.05) is 6.92 Å². The largest absolute Gasteiger partial charge is 0.497 e. The predicted molar refractivity (Wildman–Crippen MR) is 117 cm³/mol. The number of methoxy groups -OCH3 is 4. The van der Waals surface area contributed by atoms with Crippen molar-refractivity contribution in [2.24, 2.45) is 0 Å². The fraction of sp³-hybridized carbons (Fsp3) is 0.304. The first kappa shape index (κ1) is 22.0. The number of amides is 2. The van der Waals surface area contributed by atoms with Crippen LogP contribution >= 0.6 is 0 Å². The number of hydrogen-bond acceptors (Lipinski definition) is 7. The van der Waals surface area contributed by atoms with Gasteiger partial charge in [-0.3, -0.25) is 14.5 Å². The number of imide groups is 1. The number of carbonyl (C=O) groups excluding carboxylic acids is 2. The van der Waals surface area contributed by atoms with E-state index in [1.54, 1.807) is 43.5 Å². The molecule has 0 unspecified atom stereocenters. The molecule has 164 valence electrons. The highest BCUT2D eigenvalue weighted by molar-refractivity contribution is 6.36. The van der Waals surface area contributed by atoms with Crippen LogP contribution in [0, 0.1) is 0 Å². The number of anilines is 1. The van der Waals surface area contributed by atoms with Crippen molar-refractivity contribution < 1.29 is 28.5 Å². The number of carbonyl (C=O) groups is 2. The monoisotopic (exact) mass is 426 g/mol. The van der Waals surface area contributed by atoms with Crippen LogP contribution in [-0.2, 0) is 9.59 Å². The van der Waals surface area contributed by atoms with Gasteiger partial charge < -0.3 is 24.3 Å². The van der Waals surface area contributed by atoms with Crippen LogP contribution in [-0.4, -0.2) is 51.7 Å². The van der Waals surface area contributed by atoms with Crippen LogP contribution in [0.3, 0.4) is 0 Å². The number of hydrogen-bond donors (Lipinski definition) is 1. The van der Waals surface area contributed by atoms with Gasteiger partial charge in [0.1, 0.15) is 17.2 Å². The normalized spacial score (nSPS) is 13.5. The standard InChI is InChI=1S/C23H26N2O6/c1-6-11-25-22(26)20(14-7-10-17(29-3)19(12-14)31-5)21(23(25)27)24-16-9-8-15(28-2)13-18(16)30-4/h7-10,12-13,24H,6,11H2,1-5H3. The molecule has 0 bridgehead atoms. The lowest BCUT2D eigenvalue weighted by Gasteiger charge is -2.15. The number of nitrogens with one attached hydrogen (secondary N) is 1. The van der Waals surface area contributed by atoms with Gasteiger partial charge in [-0.2, -0.15) is 0 Å². The molecule has 0 fully saturated rings. The quantitative estimate of drug-likeness (QED) is 0.616. The van der Waals surface area contributed by atoms with Crippen molar-refractivity contribution in [1.82, 2.24) is 4.90 Å². The second-order valence-electron chi connectivity index (χ2n) is 6.77. The van der Waals surface area contributed by atoms with Gasteiger partial charge in [0.25, 0.3) is 11.8 Å². The highest BCUT2D eigenvalue weighted by Gasteiger charge is 2.39. The van der Waals surface area contributed by atoms with E-state index < -0.39 is 5.91 Å². The summed E-state index contributed by atoms with van der Waals surface area (Å²) in [7, 11) is 6.13. The Morgan fingerprint density at radius 2 is 1.52 bits per heavy atom. The van der Waals surface area contributed by atoms with Gasteiger partial charge >= 0.3 is 0 Å². The first-order chi connectivity index (χ1) is 15.0. The van der Waals surface area contributed by atoms with Crippen molar-refractivity contribution in [3.8, 4) is 23.0 Å². The molecule has 1 N–H and O–H groups in total. The lowest BCUT2D eigenvalue weighted by molar-refractivity contribution is -0.136. The van der Waals surface area contributed by atoms with E-state index in [0.29, 0.717) is 47.2 Å². The topological polar surface area (TPSA) is 86.3 Å². The van der Waals surface area contributed by atoms with E-state index in [2.05, 4.69) is 5.32 Å². The number of benzene rings is 2. The van der Waals surface area contributed by atoms with Crippen molar-refractivity contribution in [2.45, 2.75) is 13.3 Å². The summed E-state index contributed by atoms with van der Waals surface area (Å²) in [5.74, 6) is 1.32. The second-order valence-corrected chi connectivity index (χ2v) is 6.77. The molecule has 2 aromatic rings. The summed E-state index contributed by atoms with van der Waals surface area (Å²) in [6.07, 6.45) is 0.649. The average Bonchev–Trinajstić information content (AvgIpc) is 3.03. The molecule has 1 heterocycles. The molecule has 0 saturated heterocycles. The smallest absolute Gasteiger partial charge is 0.278 e. The molecule has 2 aromatic carbocycles. The summed E-state index contributed by atoms with van der Waals surface area (Å²) in [6, 6.07) is 10.3. The van der Waals surface area contributed by atoms with Crippen LogP contribution in [0.4, 0.5) is 5.69 Å². The highest BCUT2D eigenvalue weighted by atomic mass is 16.5. The van der Waals surface area contributed by atoms with Crippen LogP contribution in [0.1, 0.15) is 18.9 Å². The minimum atomic E-state index is -0.394. The van der Waals surface area contributed by atoms with E-state index in [1.165, 1.54) is 26.2 Å². The first-order valence-electron chi connectivity index (χ1n) is 9.80. The Bertz CT molecular complexity index is 1030. The summed E-state index contributed by atoms with van der Waals surface area (Å²) in [6.45, 7) is 2.23. The summed E-state index contributed by atoms with van der Waals surface area (Å²) in [5, 5.41) is 3.11. The van der Waals surface area contributed by atoms with Gasteiger partial charge in [0, 0.05) is 12.6 Å². The zero-order valence-electron chi connectivity index (χ0n) is 18.3. The molecular weight excluding hydrogens is 400 g/mol. The van der Waals surface area contributed by atoms with Crippen LogP contribution in [0.25, 0.3) is 5.57 Å². The molecule has 1 aliphatic rings. The van der Waals surface area contributed by atoms with E-state index >= 15 is 0 Å². The molecule has 0 spiro atoms. The van der Waals surface area contributed by atoms with Gasteiger partial charge in [0.05, 0.1) is 39.7 Å². The van der Waals surface area contributed by atoms with Gasteiger partial charge in [-0.1, -0.05) is 13.0 Å². The molecule has 8 heteroatoms. The maximum atomic E-state index is 13.2. The summed E-state index contributed by atoms with van der Waals surface area (Å²) >= 11 is 0. The Hall–Kier alpha value is -3.68. The number of ether oxygens (including phenoxy) is 4. The van der Waals surface area contributed by atoms with E-state index in [0.717, 1.165) is 0 Å². The lowest BCUT2D eigenvalue weighted by atomic mass is 10.0. The van der Waals surface area contributed by atoms with Gasteiger partial charge in [0.15, 0.2) is 11.5 Å². The van der Waals surface area contributed by atoms with Crippen LogP contribution < -0.4 is 24.3 Å².